The van der Waals surface area contributed by atoms with Crippen LogP contribution in [0.15, 0.2) is 0 Å². The Morgan fingerprint density at radius 1 is 0.812 bits per heavy atom. The van der Waals surface area contributed by atoms with E-state index in [9.17, 15) is 5.11 Å². The largest absolute Gasteiger partial charge is 0.393 e. The molecule has 0 aromatic heterocycles. The summed E-state index contributed by atoms with van der Waals surface area (Å²) in [6, 6.07) is 0. The van der Waals surface area contributed by atoms with Crippen molar-refractivity contribution in [2.75, 3.05) is 0 Å². The standard InChI is InChI=1S/C15H28O/c16-15(11-10-13-6-4-5-7-13)12-14-8-2-1-3-9-14/h13-16H,1-12H2. The molecule has 0 saturated heterocycles. The second-order valence-corrected chi connectivity index (χ2v) is 6.12. The molecule has 0 aromatic carbocycles. The lowest BCUT2D eigenvalue weighted by molar-refractivity contribution is 0.114. The first-order chi connectivity index (χ1) is 7.84. The van der Waals surface area contributed by atoms with Gasteiger partial charge in [0.1, 0.15) is 0 Å². The fourth-order valence-corrected chi connectivity index (χ4v) is 3.65. The minimum Gasteiger partial charge on any atom is -0.393 e. The molecular weight excluding hydrogens is 196 g/mol. The second-order valence-electron chi connectivity index (χ2n) is 6.12. The number of hydrogen-bond acceptors (Lipinski definition) is 1. The van der Waals surface area contributed by atoms with Crippen molar-refractivity contribution in [3.8, 4) is 0 Å². The van der Waals surface area contributed by atoms with Crippen molar-refractivity contribution in [2.24, 2.45) is 11.8 Å². The molecule has 0 heterocycles. The van der Waals surface area contributed by atoms with E-state index in [-0.39, 0.29) is 6.10 Å². The smallest absolute Gasteiger partial charge is 0.0543 e. The average Bonchev–Trinajstić information content (AvgIpc) is 2.81. The maximum absolute atomic E-state index is 10.1. The lowest BCUT2D eigenvalue weighted by Crippen LogP contribution is -2.16. The van der Waals surface area contributed by atoms with Gasteiger partial charge in [0.2, 0.25) is 0 Å². The molecule has 0 aromatic rings. The van der Waals surface area contributed by atoms with Gasteiger partial charge in [0.25, 0.3) is 0 Å². The molecule has 94 valence electrons. The maximum atomic E-state index is 10.1. The third-order valence-electron chi connectivity index (χ3n) is 4.71. The van der Waals surface area contributed by atoms with Gasteiger partial charge in [-0.05, 0) is 31.1 Å². The molecule has 0 spiro atoms. The Kier molecular flexibility index (Phi) is 5.15. The van der Waals surface area contributed by atoms with E-state index in [2.05, 4.69) is 0 Å². The summed E-state index contributed by atoms with van der Waals surface area (Å²) in [4.78, 5) is 0. The predicted octanol–water partition coefficient (Wildman–Crippen LogP) is 4.29. The Bertz CT molecular complexity index is 178. The summed E-state index contributed by atoms with van der Waals surface area (Å²) < 4.78 is 0. The van der Waals surface area contributed by atoms with Crippen LogP contribution in [0.2, 0.25) is 0 Å². The van der Waals surface area contributed by atoms with Crippen LogP contribution in [0, 0.1) is 11.8 Å². The van der Waals surface area contributed by atoms with Gasteiger partial charge in [-0.25, -0.2) is 0 Å². The Labute approximate surface area is 101 Å². The molecule has 1 unspecified atom stereocenters. The van der Waals surface area contributed by atoms with Crippen LogP contribution in [0.1, 0.15) is 77.0 Å². The Morgan fingerprint density at radius 3 is 2.06 bits per heavy atom. The minimum absolute atomic E-state index is 0.00343. The summed E-state index contributed by atoms with van der Waals surface area (Å²) in [7, 11) is 0. The fraction of sp³-hybridized carbons (Fsp3) is 1.00. The van der Waals surface area contributed by atoms with Crippen LogP contribution in [0.4, 0.5) is 0 Å². The normalized spacial score (nSPS) is 26.1. The van der Waals surface area contributed by atoms with E-state index in [4.69, 9.17) is 0 Å². The number of aliphatic hydroxyl groups is 1. The highest BCUT2D eigenvalue weighted by atomic mass is 16.3. The van der Waals surface area contributed by atoms with Gasteiger partial charge in [0.05, 0.1) is 6.10 Å². The molecule has 1 N–H and O–H groups in total. The van der Waals surface area contributed by atoms with Crippen LogP contribution < -0.4 is 0 Å². The Morgan fingerprint density at radius 2 is 1.38 bits per heavy atom. The van der Waals surface area contributed by atoms with Crippen molar-refractivity contribution in [2.45, 2.75) is 83.2 Å². The number of aliphatic hydroxyl groups excluding tert-OH is 1. The molecule has 0 aliphatic heterocycles. The van der Waals surface area contributed by atoms with Gasteiger partial charge in [-0.2, -0.15) is 0 Å². The van der Waals surface area contributed by atoms with Gasteiger partial charge in [0, 0.05) is 0 Å². The van der Waals surface area contributed by atoms with Crippen LogP contribution in [-0.4, -0.2) is 11.2 Å². The molecule has 2 rings (SSSR count). The minimum atomic E-state index is 0.00343. The molecule has 1 atom stereocenters. The molecule has 2 aliphatic carbocycles. The third kappa shape index (κ3) is 4.08. The van der Waals surface area contributed by atoms with Gasteiger partial charge in [0.15, 0.2) is 0 Å². The molecule has 0 radical (unpaired) electrons. The lowest BCUT2D eigenvalue weighted by Gasteiger charge is -2.24. The molecule has 2 saturated carbocycles. The van der Waals surface area contributed by atoms with Crippen molar-refractivity contribution >= 4 is 0 Å². The molecule has 1 nitrogen and oxygen atoms in total. The Balaban J connectivity index is 1.57. The monoisotopic (exact) mass is 224 g/mol. The van der Waals surface area contributed by atoms with Crippen LogP contribution in [0.5, 0.6) is 0 Å². The fourth-order valence-electron chi connectivity index (χ4n) is 3.65. The predicted molar refractivity (Wildman–Crippen MR) is 68.4 cm³/mol. The second kappa shape index (κ2) is 6.64. The molecule has 16 heavy (non-hydrogen) atoms. The molecule has 0 bridgehead atoms. The molecular formula is C15H28O. The van der Waals surface area contributed by atoms with E-state index in [0.717, 1.165) is 24.7 Å². The van der Waals surface area contributed by atoms with Gasteiger partial charge in [-0.3, -0.25) is 0 Å². The van der Waals surface area contributed by atoms with E-state index < -0.39 is 0 Å². The van der Waals surface area contributed by atoms with Crippen LogP contribution >= 0.6 is 0 Å². The van der Waals surface area contributed by atoms with Crippen molar-refractivity contribution < 1.29 is 5.11 Å². The SMILES string of the molecule is OC(CCC1CCCC1)CC1CCCCC1. The third-order valence-corrected chi connectivity index (χ3v) is 4.71. The zero-order valence-electron chi connectivity index (χ0n) is 10.7. The topological polar surface area (TPSA) is 20.2 Å². The van der Waals surface area contributed by atoms with E-state index >= 15 is 0 Å². The highest BCUT2D eigenvalue weighted by Gasteiger charge is 2.20. The first kappa shape index (κ1) is 12.4. The highest BCUT2D eigenvalue weighted by Crippen LogP contribution is 2.31. The summed E-state index contributed by atoms with van der Waals surface area (Å²) in [5.41, 5.74) is 0. The molecule has 2 fully saturated rings. The van der Waals surface area contributed by atoms with Crippen molar-refractivity contribution in [1.82, 2.24) is 0 Å². The Hall–Kier alpha value is -0.0400. The summed E-state index contributed by atoms with van der Waals surface area (Å²) in [5, 5.41) is 10.1. The van der Waals surface area contributed by atoms with E-state index in [1.165, 1.54) is 64.2 Å². The summed E-state index contributed by atoms with van der Waals surface area (Å²) in [6.45, 7) is 0. The van der Waals surface area contributed by atoms with Crippen molar-refractivity contribution in [1.29, 1.82) is 0 Å². The average molecular weight is 224 g/mol. The van der Waals surface area contributed by atoms with E-state index in [1.807, 2.05) is 0 Å². The molecule has 1 heteroatoms. The van der Waals surface area contributed by atoms with Crippen molar-refractivity contribution in [3.05, 3.63) is 0 Å². The van der Waals surface area contributed by atoms with Crippen molar-refractivity contribution in [3.63, 3.8) is 0 Å². The van der Waals surface area contributed by atoms with Crippen LogP contribution in [0.3, 0.4) is 0 Å². The maximum Gasteiger partial charge on any atom is 0.0543 e. The van der Waals surface area contributed by atoms with Crippen LogP contribution in [-0.2, 0) is 0 Å². The highest BCUT2D eigenvalue weighted by molar-refractivity contribution is 4.73. The van der Waals surface area contributed by atoms with Gasteiger partial charge >= 0.3 is 0 Å². The quantitative estimate of drug-likeness (QED) is 0.738. The van der Waals surface area contributed by atoms with E-state index in [1.54, 1.807) is 0 Å². The van der Waals surface area contributed by atoms with Crippen LogP contribution in [0.25, 0.3) is 0 Å². The van der Waals surface area contributed by atoms with Gasteiger partial charge < -0.3 is 5.11 Å². The zero-order valence-corrected chi connectivity index (χ0v) is 10.7. The van der Waals surface area contributed by atoms with Gasteiger partial charge in [-0.1, -0.05) is 57.8 Å². The van der Waals surface area contributed by atoms with Gasteiger partial charge in [-0.15, -0.1) is 0 Å². The summed E-state index contributed by atoms with van der Waals surface area (Å²) in [6.07, 6.45) is 16.2. The number of rotatable bonds is 5. The molecule has 2 aliphatic rings. The first-order valence-electron chi connectivity index (χ1n) is 7.52. The summed E-state index contributed by atoms with van der Waals surface area (Å²) >= 11 is 0. The summed E-state index contributed by atoms with van der Waals surface area (Å²) in [5.74, 6) is 1.79. The van der Waals surface area contributed by atoms with E-state index in [0.29, 0.717) is 0 Å². The first-order valence-corrected chi connectivity index (χ1v) is 7.52. The zero-order chi connectivity index (χ0) is 11.2. The number of hydrogen-bond donors (Lipinski definition) is 1. The molecule has 0 amide bonds. The lowest BCUT2D eigenvalue weighted by atomic mass is 9.84.